The van der Waals surface area contributed by atoms with E-state index < -0.39 is 0 Å². The number of hydrogen-bond donors (Lipinski definition) is 1. The van der Waals surface area contributed by atoms with Gasteiger partial charge in [-0.05, 0) is 49.2 Å². The molecule has 1 aliphatic carbocycles. The van der Waals surface area contributed by atoms with Crippen LogP contribution < -0.4 is 14.8 Å². The first-order chi connectivity index (χ1) is 18.0. The summed E-state index contributed by atoms with van der Waals surface area (Å²) in [6, 6.07) is 4.01. The molecule has 0 radical (unpaired) electrons. The van der Waals surface area contributed by atoms with Gasteiger partial charge in [0.1, 0.15) is 5.76 Å². The smallest absolute Gasteiger partial charge is 0.307 e. The van der Waals surface area contributed by atoms with Gasteiger partial charge in [-0.2, -0.15) is 0 Å². The Morgan fingerprint density at radius 3 is 2.70 bits per heavy atom. The van der Waals surface area contributed by atoms with Gasteiger partial charge in [0.05, 0.1) is 33.4 Å². The van der Waals surface area contributed by atoms with E-state index in [4.69, 9.17) is 23.7 Å². The first-order valence-electron chi connectivity index (χ1n) is 12.9. The molecule has 0 amide bonds. The Labute approximate surface area is 220 Å². The average molecular weight is 513 g/mol. The Bertz CT molecular complexity index is 1070. The Morgan fingerprint density at radius 2 is 1.97 bits per heavy atom. The minimum atomic E-state index is -0.240. The number of ether oxygens (including phenoxy) is 5. The quantitative estimate of drug-likeness (QED) is 0.523. The molecule has 202 valence electrons. The van der Waals surface area contributed by atoms with Crippen molar-refractivity contribution in [2.45, 2.75) is 46.2 Å². The van der Waals surface area contributed by atoms with Gasteiger partial charge in [-0.15, -0.1) is 0 Å². The molecule has 1 aromatic carbocycles. The van der Waals surface area contributed by atoms with Gasteiger partial charge < -0.3 is 23.7 Å². The van der Waals surface area contributed by atoms with Crippen molar-refractivity contribution in [1.29, 1.82) is 0 Å². The van der Waals surface area contributed by atoms with Crippen molar-refractivity contribution in [1.82, 2.24) is 10.2 Å². The van der Waals surface area contributed by atoms with Gasteiger partial charge in [-0.3, -0.25) is 15.0 Å². The molecule has 0 saturated carbocycles. The molecule has 2 heterocycles. The highest BCUT2D eigenvalue weighted by atomic mass is 16.7. The highest BCUT2D eigenvalue weighted by Gasteiger charge is 2.29. The first kappa shape index (κ1) is 28.3. The van der Waals surface area contributed by atoms with Crippen LogP contribution in [0, 0.1) is 0 Å². The number of hydrogen-bond acceptors (Lipinski definition) is 8. The lowest BCUT2D eigenvalue weighted by Gasteiger charge is -2.33. The lowest BCUT2D eigenvalue weighted by molar-refractivity contribution is -0.143. The van der Waals surface area contributed by atoms with E-state index in [1.54, 1.807) is 14.2 Å². The monoisotopic (exact) mass is 512 g/mol. The van der Waals surface area contributed by atoms with Crippen LogP contribution in [-0.4, -0.2) is 58.6 Å². The molecule has 1 unspecified atom stereocenters. The van der Waals surface area contributed by atoms with Gasteiger partial charge in [0, 0.05) is 25.1 Å². The molecule has 37 heavy (non-hydrogen) atoms. The number of nitrogens with zero attached hydrogens (tertiary/aromatic N) is 1. The summed E-state index contributed by atoms with van der Waals surface area (Å²) in [5.41, 5.74) is 4.38. The maximum absolute atomic E-state index is 12.0. The fraction of sp³-hybridized carbons (Fsp3) is 0.483. The highest BCUT2D eigenvalue weighted by molar-refractivity contribution is 5.69. The molecular formula is C29H40N2O6. The van der Waals surface area contributed by atoms with Crippen molar-refractivity contribution < 1.29 is 28.5 Å². The molecule has 4 rings (SSSR count). The van der Waals surface area contributed by atoms with Crippen LogP contribution in [0.15, 0.2) is 59.1 Å². The third-order valence-corrected chi connectivity index (χ3v) is 6.32. The molecule has 8 nitrogen and oxygen atoms in total. The largest absolute Gasteiger partial charge is 0.493 e. The molecule has 8 heteroatoms. The molecule has 0 bridgehead atoms. The second kappa shape index (κ2) is 13.9. The number of likely N-dealkylation sites (N-methyl/N-ethyl adjacent to an activating group) is 1. The Kier molecular flexibility index (Phi) is 10.7. The van der Waals surface area contributed by atoms with E-state index in [1.807, 2.05) is 26.8 Å². The number of carbonyl (C=O) groups is 1. The molecule has 0 spiro atoms. The average Bonchev–Trinajstić information content (AvgIpc) is 3.29. The van der Waals surface area contributed by atoms with Gasteiger partial charge in [-0.1, -0.05) is 38.1 Å². The van der Waals surface area contributed by atoms with E-state index in [9.17, 15) is 4.79 Å². The fourth-order valence-corrected chi connectivity index (χ4v) is 4.65. The summed E-state index contributed by atoms with van der Waals surface area (Å²) in [5.74, 6) is 2.78. The standard InChI is InChI=1S/C27H34N2O6.C2H6/c1-5-33-24(30)13-14-28-27-25-19(10-12-22(31-3)26(25)32-4)8-6-7-18-9-11-21-23(35-17-34-21)15-20(18)16-29(27)2;1-2/h6-7,9-10,12,15,27-28H,5,8,11,13-14,16-17H2,1-4H3;1-2H3/b7-6-;. The van der Waals surface area contributed by atoms with Crippen LogP contribution in [-0.2, 0) is 25.4 Å². The summed E-state index contributed by atoms with van der Waals surface area (Å²) in [6.45, 7) is 7.53. The normalized spacial score (nSPS) is 19.7. The number of rotatable bonds is 7. The van der Waals surface area contributed by atoms with Gasteiger partial charge in [0.25, 0.3) is 0 Å². The maximum atomic E-state index is 12.0. The summed E-state index contributed by atoms with van der Waals surface area (Å²) in [5, 5.41) is 3.57. The number of fused-ring (bicyclic) bond motifs is 2. The third-order valence-electron chi connectivity index (χ3n) is 6.32. The van der Waals surface area contributed by atoms with Gasteiger partial charge in [0.2, 0.25) is 6.79 Å². The summed E-state index contributed by atoms with van der Waals surface area (Å²) < 4.78 is 28.0. The van der Waals surface area contributed by atoms with E-state index in [0.717, 1.165) is 33.8 Å². The Hall–Kier alpha value is -3.23. The Morgan fingerprint density at radius 1 is 1.16 bits per heavy atom. The summed E-state index contributed by atoms with van der Waals surface area (Å²) in [4.78, 5) is 14.2. The molecule has 3 aliphatic rings. The van der Waals surface area contributed by atoms with Crippen LogP contribution in [0.2, 0.25) is 0 Å². The molecule has 0 aromatic heterocycles. The molecule has 1 N–H and O–H groups in total. The molecule has 0 saturated heterocycles. The van der Waals surface area contributed by atoms with Crippen molar-refractivity contribution in [3.8, 4) is 11.5 Å². The predicted molar refractivity (Wildman–Crippen MR) is 143 cm³/mol. The van der Waals surface area contributed by atoms with Crippen molar-refractivity contribution in [3.05, 3.63) is 70.2 Å². The summed E-state index contributed by atoms with van der Waals surface area (Å²) >= 11 is 0. The van der Waals surface area contributed by atoms with E-state index >= 15 is 0 Å². The number of esters is 1. The molecule has 2 aliphatic heterocycles. The van der Waals surface area contributed by atoms with Gasteiger partial charge in [0.15, 0.2) is 17.3 Å². The summed E-state index contributed by atoms with van der Waals surface area (Å²) in [6.07, 6.45) is 10.0. The predicted octanol–water partition coefficient (Wildman–Crippen LogP) is 4.79. The third kappa shape index (κ3) is 6.76. The van der Waals surface area contributed by atoms with E-state index in [2.05, 4.69) is 47.6 Å². The number of nitrogens with one attached hydrogen (secondary N) is 1. The minimum absolute atomic E-state index is 0.224. The van der Waals surface area contributed by atoms with Crippen molar-refractivity contribution in [2.24, 2.45) is 0 Å². The fourth-order valence-electron chi connectivity index (χ4n) is 4.65. The lowest BCUT2D eigenvalue weighted by atomic mass is 9.95. The molecular weight excluding hydrogens is 472 g/mol. The number of methoxy groups -OCH3 is 2. The first-order valence-corrected chi connectivity index (χ1v) is 12.9. The molecule has 1 atom stereocenters. The van der Waals surface area contributed by atoms with Crippen LogP contribution >= 0.6 is 0 Å². The van der Waals surface area contributed by atoms with Crippen molar-refractivity contribution in [3.63, 3.8) is 0 Å². The summed E-state index contributed by atoms with van der Waals surface area (Å²) in [7, 11) is 5.35. The highest BCUT2D eigenvalue weighted by Crippen LogP contribution is 2.40. The van der Waals surface area contributed by atoms with Gasteiger partial charge >= 0.3 is 5.97 Å². The van der Waals surface area contributed by atoms with Crippen LogP contribution in [0.3, 0.4) is 0 Å². The maximum Gasteiger partial charge on any atom is 0.307 e. The van der Waals surface area contributed by atoms with Gasteiger partial charge in [-0.25, -0.2) is 0 Å². The minimum Gasteiger partial charge on any atom is -0.493 e. The van der Waals surface area contributed by atoms with Crippen LogP contribution in [0.1, 0.15) is 50.9 Å². The number of benzene rings is 1. The number of allylic oxidation sites excluding steroid dienone is 4. The zero-order valence-corrected chi connectivity index (χ0v) is 22.9. The van der Waals surface area contributed by atoms with Crippen molar-refractivity contribution >= 4 is 5.97 Å². The van der Waals surface area contributed by atoms with Crippen LogP contribution in [0.25, 0.3) is 0 Å². The topological polar surface area (TPSA) is 78.5 Å². The zero-order valence-electron chi connectivity index (χ0n) is 22.9. The SMILES string of the molecule is CC.CCOC(=O)CCNC1c2c(ccc(OC)c2OC)C/C=C\C2=CCC3=C(C=C2CN1C)OCO3. The second-order valence-electron chi connectivity index (χ2n) is 8.53. The zero-order chi connectivity index (χ0) is 26.8. The van der Waals surface area contributed by atoms with Crippen LogP contribution in [0.5, 0.6) is 11.5 Å². The number of carbonyl (C=O) groups excluding carboxylic acids is 1. The Balaban J connectivity index is 0.00000186. The lowest BCUT2D eigenvalue weighted by Crippen LogP contribution is -2.39. The van der Waals surface area contributed by atoms with Crippen molar-refractivity contribution in [2.75, 3.05) is 47.8 Å². The molecule has 0 fully saturated rings. The van der Waals surface area contributed by atoms with Crippen LogP contribution in [0.4, 0.5) is 0 Å². The van der Waals surface area contributed by atoms with E-state index in [0.29, 0.717) is 44.0 Å². The van der Waals surface area contributed by atoms with E-state index in [1.165, 1.54) is 0 Å². The second-order valence-corrected chi connectivity index (χ2v) is 8.53. The van der Waals surface area contributed by atoms with E-state index in [-0.39, 0.29) is 25.3 Å². The molecule has 1 aromatic rings.